The van der Waals surface area contributed by atoms with Crippen molar-refractivity contribution in [2.75, 3.05) is 13.2 Å². The predicted molar refractivity (Wildman–Crippen MR) is 105 cm³/mol. The van der Waals surface area contributed by atoms with Crippen molar-refractivity contribution in [2.24, 2.45) is 5.41 Å². The Kier molecular flexibility index (Phi) is 5.48. The van der Waals surface area contributed by atoms with Gasteiger partial charge in [0.2, 0.25) is 0 Å². The molecule has 1 heterocycles. The molecule has 6 heteroatoms. The van der Waals surface area contributed by atoms with Crippen molar-refractivity contribution in [3.8, 4) is 6.07 Å². The van der Waals surface area contributed by atoms with Crippen LogP contribution in [0.2, 0.25) is 0 Å². The SMILES string of the molecule is CC(C)(CO)CNC(=O)c1cc2cc(C#N)ccc2n1Cc1ccc(F)cc1. The van der Waals surface area contributed by atoms with E-state index in [1.807, 2.05) is 24.5 Å². The van der Waals surface area contributed by atoms with Gasteiger partial charge in [0.1, 0.15) is 11.5 Å². The monoisotopic (exact) mass is 379 g/mol. The molecule has 0 spiro atoms. The van der Waals surface area contributed by atoms with Crippen molar-refractivity contribution in [3.05, 3.63) is 71.2 Å². The van der Waals surface area contributed by atoms with E-state index in [9.17, 15) is 14.3 Å². The molecule has 3 rings (SSSR count). The lowest BCUT2D eigenvalue weighted by atomic mass is 9.95. The van der Waals surface area contributed by atoms with Gasteiger partial charge in [0.05, 0.1) is 11.6 Å². The van der Waals surface area contributed by atoms with Crippen molar-refractivity contribution in [3.63, 3.8) is 0 Å². The number of hydrogen-bond donors (Lipinski definition) is 2. The first-order valence-electron chi connectivity index (χ1n) is 9.00. The first-order valence-corrected chi connectivity index (χ1v) is 9.00. The Morgan fingerprint density at radius 3 is 2.57 bits per heavy atom. The Balaban J connectivity index is 2.00. The maximum atomic E-state index is 13.2. The molecule has 0 unspecified atom stereocenters. The second-order valence-electron chi connectivity index (χ2n) is 7.63. The average Bonchev–Trinajstić information content (AvgIpc) is 3.05. The first kappa shape index (κ1) is 19.6. The quantitative estimate of drug-likeness (QED) is 0.689. The van der Waals surface area contributed by atoms with E-state index in [2.05, 4.69) is 11.4 Å². The molecule has 0 aliphatic rings. The van der Waals surface area contributed by atoms with Crippen molar-refractivity contribution in [1.29, 1.82) is 5.26 Å². The molecule has 0 radical (unpaired) electrons. The van der Waals surface area contributed by atoms with E-state index in [1.165, 1.54) is 12.1 Å². The van der Waals surface area contributed by atoms with E-state index in [-0.39, 0.29) is 18.3 Å². The number of aliphatic hydroxyl groups excluding tert-OH is 1. The van der Waals surface area contributed by atoms with E-state index in [4.69, 9.17) is 5.26 Å². The van der Waals surface area contributed by atoms with Gasteiger partial charge in [-0.25, -0.2) is 4.39 Å². The summed E-state index contributed by atoms with van der Waals surface area (Å²) < 4.78 is 15.1. The third-order valence-corrected chi connectivity index (χ3v) is 4.67. The summed E-state index contributed by atoms with van der Waals surface area (Å²) >= 11 is 0. The smallest absolute Gasteiger partial charge is 0.267 e. The maximum absolute atomic E-state index is 13.2. The van der Waals surface area contributed by atoms with Gasteiger partial charge in [-0.05, 0) is 42.0 Å². The number of carbonyl (C=O) groups is 1. The van der Waals surface area contributed by atoms with Crippen LogP contribution in [-0.4, -0.2) is 28.7 Å². The highest BCUT2D eigenvalue weighted by Gasteiger charge is 2.21. The summed E-state index contributed by atoms with van der Waals surface area (Å²) in [7, 11) is 0. The molecular formula is C22H22FN3O2. The summed E-state index contributed by atoms with van der Waals surface area (Å²) in [6, 6.07) is 15.3. The van der Waals surface area contributed by atoms with Crippen molar-refractivity contribution in [2.45, 2.75) is 20.4 Å². The fourth-order valence-corrected chi connectivity index (χ4v) is 2.94. The number of nitriles is 1. The van der Waals surface area contributed by atoms with Crippen LogP contribution in [0.25, 0.3) is 10.9 Å². The van der Waals surface area contributed by atoms with Gasteiger partial charge >= 0.3 is 0 Å². The predicted octanol–water partition coefficient (Wildman–Crippen LogP) is 3.45. The second-order valence-corrected chi connectivity index (χ2v) is 7.63. The molecule has 144 valence electrons. The van der Waals surface area contributed by atoms with Crippen molar-refractivity contribution >= 4 is 16.8 Å². The maximum Gasteiger partial charge on any atom is 0.267 e. The summed E-state index contributed by atoms with van der Waals surface area (Å²) in [6.45, 7) is 4.39. The Hall–Kier alpha value is -3.17. The Morgan fingerprint density at radius 2 is 1.93 bits per heavy atom. The number of aromatic nitrogens is 1. The molecule has 2 aromatic carbocycles. The molecule has 2 N–H and O–H groups in total. The molecule has 0 fully saturated rings. The average molecular weight is 379 g/mol. The summed E-state index contributed by atoms with van der Waals surface area (Å²) in [5, 5.41) is 22.2. The topological polar surface area (TPSA) is 78.1 Å². The zero-order valence-electron chi connectivity index (χ0n) is 15.9. The number of benzene rings is 2. The lowest BCUT2D eigenvalue weighted by Gasteiger charge is -2.22. The number of carbonyl (C=O) groups excluding carboxylic acids is 1. The van der Waals surface area contributed by atoms with Crippen molar-refractivity contribution in [1.82, 2.24) is 9.88 Å². The Bertz CT molecular complexity index is 1050. The van der Waals surface area contributed by atoms with Gasteiger partial charge in [-0.3, -0.25) is 4.79 Å². The third-order valence-electron chi connectivity index (χ3n) is 4.67. The summed E-state index contributed by atoms with van der Waals surface area (Å²) in [5.74, 6) is -0.581. The number of rotatable bonds is 6. The number of fused-ring (bicyclic) bond motifs is 1. The van der Waals surface area contributed by atoms with E-state index >= 15 is 0 Å². The van der Waals surface area contributed by atoms with Crippen LogP contribution in [0.5, 0.6) is 0 Å². The fourth-order valence-electron chi connectivity index (χ4n) is 2.94. The van der Waals surface area contributed by atoms with Crippen LogP contribution in [0, 0.1) is 22.6 Å². The molecule has 0 saturated heterocycles. The van der Waals surface area contributed by atoms with Crippen LogP contribution in [0.3, 0.4) is 0 Å². The highest BCUT2D eigenvalue weighted by molar-refractivity contribution is 5.99. The van der Waals surface area contributed by atoms with Gasteiger partial charge in [-0.15, -0.1) is 0 Å². The minimum Gasteiger partial charge on any atom is -0.396 e. The van der Waals surface area contributed by atoms with E-state index in [0.29, 0.717) is 24.3 Å². The minimum atomic E-state index is -0.433. The second kappa shape index (κ2) is 7.83. The van der Waals surface area contributed by atoms with Crippen LogP contribution >= 0.6 is 0 Å². The summed E-state index contributed by atoms with van der Waals surface area (Å²) in [6.07, 6.45) is 0. The molecule has 0 aliphatic heterocycles. The molecule has 1 amide bonds. The van der Waals surface area contributed by atoms with Crippen LogP contribution in [0.15, 0.2) is 48.5 Å². The number of nitrogens with one attached hydrogen (secondary N) is 1. The Morgan fingerprint density at radius 1 is 1.21 bits per heavy atom. The molecule has 1 aromatic heterocycles. The number of hydrogen-bond acceptors (Lipinski definition) is 3. The van der Waals surface area contributed by atoms with Gasteiger partial charge in [-0.2, -0.15) is 5.26 Å². The van der Waals surface area contributed by atoms with Gasteiger partial charge in [-0.1, -0.05) is 26.0 Å². The lowest BCUT2D eigenvalue weighted by Crippen LogP contribution is -2.36. The van der Waals surface area contributed by atoms with E-state index in [1.54, 1.807) is 30.3 Å². The standard InChI is InChI=1S/C22H22FN3O2/c1-22(2,14-27)13-25-21(28)20-10-17-9-16(11-24)5-8-19(17)26(20)12-15-3-6-18(23)7-4-15/h3-10,27H,12-14H2,1-2H3,(H,25,28). The first-order chi connectivity index (χ1) is 13.3. The van der Waals surface area contributed by atoms with Gasteiger partial charge in [0.15, 0.2) is 0 Å². The molecule has 3 aromatic rings. The number of halogens is 1. The summed E-state index contributed by atoms with van der Waals surface area (Å²) in [5.41, 5.74) is 2.20. The minimum absolute atomic E-state index is 0.0443. The van der Waals surface area contributed by atoms with Gasteiger partial charge in [0, 0.05) is 36.0 Å². The highest BCUT2D eigenvalue weighted by Crippen LogP contribution is 2.23. The molecule has 0 saturated carbocycles. The lowest BCUT2D eigenvalue weighted by molar-refractivity contribution is 0.0903. The van der Waals surface area contributed by atoms with Crippen LogP contribution < -0.4 is 5.32 Å². The summed E-state index contributed by atoms with van der Waals surface area (Å²) in [4.78, 5) is 12.9. The van der Waals surface area contributed by atoms with Crippen LogP contribution in [0.4, 0.5) is 4.39 Å². The number of nitrogens with zero attached hydrogens (tertiary/aromatic N) is 2. The molecule has 0 aliphatic carbocycles. The van der Waals surface area contributed by atoms with Crippen LogP contribution in [-0.2, 0) is 6.54 Å². The molecule has 0 atom stereocenters. The number of amides is 1. The normalized spacial score (nSPS) is 11.4. The molecular weight excluding hydrogens is 357 g/mol. The highest BCUT2D eigenvalue weighted by atomic mass is 19.1. The van der Waals surface area contributed by atoms with Crippen LogP contribution in [0.1, 0.15) is 35.5 Å². The largest absolute Gasteiger partial charge is 0.396 e. The molecule has 28 heavy (non-hydrogen) atoms. The zero-order valence-corrected chi connectivity index (χ0v) is 15.9. The Labute approximate surface area is 163 Å². The molecule has 5 nitrogen and oxygen atoms in total. The van der Waals surface area contributed by atoms with E-state index < -0.39 is 5.41 Å². The van der Waals surface area contributed by atoms with Crippen molar-refractivity contribution < 1.29 is 14.3 Å². The third kappa shape index (κ3) is 4.21. The van der Waals surface area contributed by atoms with Gasteiger partial charge in [0.25, 0.3) is 5.91 Å². The van der Waals surface area contributed by atoms with E-state index in [0.717, 1.165) is 16.5 Å². The fraction of sp³-hybridized carbons (Fsp3) is 0.273. The molecule has 0 bridgehead atoms. The number of aliphatic hydroxyl groups is 1. The van der Waals surface area contributed by atoms with Gasteiger partial charge < -0.3 is 15.0 Å². The zero-order chi connectivity index (χ0) is 20.3.